The zero-order chi connectivity index (χ0) is 15.1. The molecule has 3 nitrogen and oxygen atoms in total. The summed E-state index contributed by atoms with van der Waals surface area (Å²) in [6, 6.07) is 14.2. The summed E-state index contributed by atoms with van der Waals surface area (Å²) in [6.45, 7) is 2.10. The van der Waals surface area contributed by atoms with Gasteiger partial charge in [0.15, 0.2) is 0 Å². The lowest BCUT2D eigenvalue weighted by atomic mass is 10.0. The summed E-state index contributed by atoms with van der Waals surface area (Å²) in [6.07, 6.45) is 4.90. The molecule has 0 saturated heterocycles. The molecule has 2 N–H and O–H groups in total. The second kappa shape index (κ2) is 7.60. The van der Waals surface area contributed by atoms with Gasteiger partial charge < -0.3 is 10.4 Å². The Hall–Kier alpha value is -2.13. The van der Waals surface area contributed by atoms with Crippen LogP contribution in [0.3, 0.4) is 0 Å². The van der Waals surface area contributed by atoms with E-state index in [9.17, 15) is 4.79 Å². The Balaban J connectivity index is 2.04. The molecule has 3 heteroatoms. The molecule has 2 aromatic carbocycles. The molecular weight excluding hydrogens is 262 g/mol. The smallest absolute Gasteiger partial charge is 0.244 e. The molecular formula is C18H21NO2. The van der Waals surface area contributed by atoms with E-state index in [1.807, 2.05) is 37.3 Å². The highest BCUT2D eigenvalue weighted by molar-refractivity contribution is 5.96. The standard InChI is InChI=1S/C18H21NO2/c1-14(6-5-13-20)19-18(21)12-11-16-9-4-8-15-7-2-3-10-17(15)16/h2-4,7-12,14,20H,5-6,13H2,1H3,(H,19,21)/b12-11+. The second-order valence-corrected chi connectivity index (χ2v) is 5.18. The van der Waals surface area contributed by atoms with Crippen molar-refractivity contribution in [2.75, 3.05) is 6.61 Å². The predicted molar refractivity (Wildman–Crippen MR) is 86.9 cm³/mol. The predicted octanol–water partition coefficient (Wildman–Crippen LogP) is 3.13. The molecule has 0 aliphatic rings. The highest BCUT2D eigenvalue weighted by Gasteiger charge is 2.04. The third kappa shape index (κ3) is 4.43. The SMILES string of the molecule is CC(CCCO)NC(=O)/C=C/c1cccc2ccccc12. The van der Waals surface area contributed by atoms with Crippen molar-refractivity contribution in [3.63, 3.8) is 0 Å². The lowest BCUT2D eigenvalue weighted by Crippen LogP contribution is -2.31. The minimum absolute atomic E-state index is 0.0711. The first-order valence-corrected chi connectivity index (χ1v) is 7.28. The summed E-state index contributed by atoms with van der Waals surface area (Å²) in [4.78, 5) is 11.9. The highest BCUT2D eigenvalue weighted by Crippen LogP contribution is 2.19. The summed E-state index contributed by atoms with van der Waals surface area (Å²) in [5.74, 6) is -0.103. The quantitative estimate of drug-likeness (QED) is 0.800. The minimum Gasteiger partial charge on any atom is -0.396 e. The molecule has 0 aliphatic carbocycles. The van der Waals surface area contributed by atoms with Crippen molar-refractivity contribution in [3.8, 4) is 0 Å². The molecule has 110 valence electrons. The summed E-state index contributed by atoms with van der Waals surface area (Å²) in [7, 11) is 0. The van der Waals surface area contributed by atoms with Gasteiger partial charge in [-0.2, -0.15) is 0 Å². The van der Waals surface area contributed by atoms with Gasteiger partial charge in [0.2, 0.25) is 5.91 Å². The molecule has 0 radical (unpaired) electrons. The number of hydrogen-bond acceptors (Lipinski definition) is 2. The van der Waals surface area contributed by atoms with Crippen LogP contribution < -0.4 is 5.32 Å². The van der Waals surface area contributed by atoms with Crippen molar-refractivity contribution in [2.45, 2.75) is 25.8 Å². The summed E-state index contributed by atoms with van der Waals surface area (Å²) >= 11 is 0. The highest BCUT2D eigenvalue weighted by atomic mass is 16.2. The van der Waals surface area contributed by atoms with Crippen molar-refractivity contribution < 1.29 is 9.90 Å². The van der Waals surface area contributed by atoms with Crippen molar-refractivity contribution in [3.05, 3.63) is 54.1 Å². The number of rotatable bonds is 6. The first kappa shape index (κ1) is 15.3. The Labute approximate surface area is 125 Å². The number of amides is 1. The van der Waals surface area contributed by atoms with Gasteiger partial charge in [-0.25, -0.2) is 0 Å². The van der Waals surface area contributed by atoms with Crippen LogP contribution in [-0.4, -0.2) is 23.7 Å². The molecule has 2 aromatic rings. The fourth-order valence-corrected chi connectivity index (χ4v) is 2.32. The normalized spacial score (nSPS) is 12.7. The molecule has 0 bridgehead atoms. The maximum atomic E-state index is 11.9. The summed E-state index contributed by atoms with van der Waals surface area (Å²) in [5.41, 5.74) is 1.03. The molecule has 1 amide bonds. The molecule has 1 unspecified atom stereocenters. The first-order valence-electron chi connectivity index (χ1n) is 7.28. The van der Waals surface area contributed by atoms with E-state index in [0.29, 0.717) is 6.42 Å². The topological polar surface area (TPSA) is 49.3 Å². The van der Waals surface area contributed by atoms with Gasteiger partial charge in [-0.05, 0) is 42.2 Å². The average molecular weight is 283 g/mol. The Morgan fingerprint density at radius 2 is 2.00 bits per heavy atom. The number of carbonyl (C=O) groups excluding carboxylic acids is 1. The van der Waals surface area contributed by atoms with Gasteiger partial charge in [0.1, 0.15) is 0 Å². The van der Waals surface area contributed by atoms with E-state index < -0.39 is 0 Å². The monoisotopic (exact) mass is 283 g/mol. The number of carbonyl (C=O) groups is 1. The third-order valence-electron chi connectivity index (χ3n) is 3.42. The van der Waals surface area contributed by atoms with E-state index in [1.54, 1.807) is 6.08 Å². The molecule has 2 rings (SSSR count). The van der Waals surface area contributed by atoms with Crippen molar-refractivity contribution in [1.82, 2.24) is 5.32 Å². The summed E-state index contributed by atoms with van der Waals surface area (Å²) < 4.78 is 0. The summed E-state index contributed by atoms with van der Waals surface area (Å²) in [5, 5.41) is 14.0. The van der Waals surface area contributed by atoms with Crippen molar-refractivity contribution >= 4 is 22.8 Å². The lowest BCUT2D eigenvalue weighted by Gasteiger charge is -2.11. The van der Waals surface area contributed by atoms with Crippen LogP contribution in [0.5, 0.6) is 0 Å². The number of fused-ring (bicyclic) bond motifs is 1. The zero-order valence-corrected chi connectivity index (χ0v) is 12.3. The Bertz CT molecular complexity index is 629. The average Bonchev–Trinajstić information content (AvgIpc) is 2.51. The molecule has 0 spiro atoms. The van der Waals surface area contributed by atoms with E-state index in [-0.39, 0.29) is 18.6 Å². The van der Waals surface area contributed by atoms with Gasteiger partial charge >= 0.3 is 0 Å². The van der Waals surface area contributed by atoms with Crippen LogP contribution in [-0.2, 0) is 4.79 Å². The Morgan fingerprint density at radius 3 is 2.81 bits per heavy atom. The number of aliphatic hydroxyl groups is 1. The van der Waals surface area contributed by atoms with Crippen LogP contribution in [0, 0.1) is 0 Å². The molecule has 0 saturated carbocycles. The molecule has 21 heavy (non-hydrogen) atoms. The second-order valence-electron chi connectivity index (χ2n) is 5.18. The van der Waals surface area contributed by atoms with Crippen LogP contribution in [0.4, 0.5) is 0 Å². The fraction of sp³-hybridized carbons (Fsp3) is 0.278. The molecule has 0 aliphatic heterocycles. The third-order valence-corrected chi connectivity index (χ3v) is 3.42. The van der Waals surface area contributed by atoms with E-state index in [1.165, 1.54) is 0 Å². The largest absolute Gasteiger partial charge is 0.396 e. The number of hydrogen-bond donors (Lipinski definition) is 2. The van der Waals surface area contributed by atoms with Gasteiger partial charge in [-0.1, -0.05) is 42.5 Å². The van der Waals surface area contributed by atoms with Crippen LogP contribution in [0.1, 0.15) is 25.3 Å². The van der Waals surface area contributed by atoms with E-state index >= 15 is 0 Å². The van der Waals surface area contributed by atoms with E-state index in [4.69, 9.17) is 5.11 Å². The van der Waals surface area contributed by atoms with E-state index in [0.717, 1.165) is 22.8 Å². The Morgan fingerprint density at radius 1 is 1.24 bits per heavy atom. The number of benzene rings is 2. The first-order chi connectivity index (χ1) is 10.2. The maximum absolute atomic E-state index is 11.9. The number of nitrogens with one attached hydrogen (secondary N) is 1. The molecule has 0 aromatic heterocycles. The fourth-order valence-electron chi connectivity index (χ4n) is 2.32. The van der Waals surface area contributed by atoms with Crippen molar-refractivity contribution in [2.24, 2.45) is 0 Å². The van der Waals surface area contributed by atoms with Crippen LogP contribution in [0.15, 0.2) is 48.5 Å². The van der Waals surface area contributed by atoms with Gasteiger partial charge in [-0.3, -0.25) is 4.79 Å². The van der Waals surface area contributed by atoms with Gasteiger partial charge in [0.05, 0.1) is 0 Å². The van der Waals surface area contributed by atoms with E-state index in [2.05, 4.69) is 23.5 Å². The van der Waals surface area contributed by atoms with Gasteiger partial charge in [-0.15, -0.1) is 0 Å². The van der Waals surface area contributed by atoms with Crippen LogP contribution in [0.25, 0.3) is 16.8 Å². The lowest BCUT2D eigenvalue weighted by molar-refractivity contribution is -0.117. The van der Waals surface area contributed by atoms with Gasteiger partial charge in [0.25, 0.3) is 0 Å². The molecule has 1 atom stereocenters. The molecule has 0 heterocycles. The number of aliphatic hydroxyl groups excluding tert-OH is 1. The van der Waals surface area contributed by atoms with Crippen molar-refractivity contribution in [1.29, 1.82) is 0 Å². The molecule has 0 fully saturated rings. The minimum atomic E-state index is -0.103. The van der Waals surface area contributed by atoms with Gasteiger partial charge in [0, 0.05) is 18.7 Å². The zero-order valence-electron chi connectivity index (χ0n) is 12.3. The van der Waals surface area contributed by atoms with Crippen LogP contribution in [0.2, 0.25) is 0 Å². The van der Waals surface area contributed by atoms with Crippen LogP contribution >= 0.6 is 0 Å². The maximum Gasteiger partial charge on any atom is 0.244 e. The Kier molecular flexibility index (Phi) is 5.52.